The number of aromatic nitrogens is 3. The van der Waals surface area contributed by atoms with E-state index in [4.69, 9.17) is 16.6 Å². The first-order chi connectivity index (χ1) is 12.3. The number of alkyl halides is 1. The van der Waals surface area contributed by atoms with Gasteiger partial charge in [0, 0.05) is 37.6 Å². The van der Waals surface area contributed by atoms with E-state index in [0.29, 0.717) is 11.9 Å². The van der Waals surface area contributed by atoms with Crippen LogP contribution in [0.4, 0.5) is 0 Å². The van der Waals surface area contributed by atoms with Crippen LogP contribution in [0.2, 0.25) is 0 Å². The van der Waals surface area contributed by atoms with Crippen molar-refractivity contribution in [2.45, 2.75) is 31.8 Å². The zero-order valence-electron chi connectivity index (χ0n) is 14.3. The van der Waals surface area contributed by atoms with Crippen molar-refractivity contribution in [3.05, 3.63) is 60.2 Å². The maximum atomic E-state index is 6.03. The number of hydrogen-bond acceptors (Lipinski definition) is 3. The van der Waals surface area contributed by atoms with Crippen LogP contribution >= 0.6 is 11.6 Å². The predicted molar refractivity (Wildman–Crippen MR) is 102 cm³/mol. The van der Waals surface area contributed by atoms with Gasteiger partial charge in [-0.15, -0.1) is 11.6 Å². The second kappa shape index (κ2) is 7.54. The monoisotopic (exact) mass is 354 g/mol. The number of likely N-dealkylation sites (tertiary alicyclic amines) is 1. The van der Waals surface area contributed by atoms with Crippen molar-refractivity contribution in [3.8, 4) is 0 Å². The number of piperidine rings is 1. The predicted octanol–water partition coefficient (Wildman–Crippen LogP) is 4.05. The first kappa shape index (κ1) is 16.6. The van der Waals surface area contributed by atoms with Crippen molar-refractivity contribution < 1.29 is 0 Å². The second-order valence-corrected chi connectivity index (χ2v) is 7.10. The van der Waals surface area contributed by atoms with Crippen LogP contribution in [-0.2, 0) is 13.0 Å². The molecule has 0 radical (unpaired) electrons. The number of benzene rings is 1. The van der Waals surface area contributed by atoms with Crippen molar-refractivity contribution in [3.63, 3.8) is 0 Å². The Kier molecular flexibility index (Phi) is 4.99. The Labute approximate surface area is 153 Å². The highest BCUT2D eigenvalue weighted by molar-refractivity contribution is 6.17. The van der Waals surface area contributed by atoms with E-state index in [-0.39, 0.29) is 0 Å². The van der Waals surface area contributed by atoms with E-state index in [1.165, 1.54) is 23.9 Å². The summed E-state index contributed by atoms with van der Waals surface area (Å²) in [6.45, 7) is 3.22. The molecule has 1 unspecified atom stereocenters. The number of halogens is 1. The van der Waals surface area contributed by atoms with Gasteiger partial charge in [0.2, 0.25) is 0 Å². The van der Waals surface area contributed by atoms with Crippen LogP contribution in [0.15, 0.2) is 48.8 Å². The molecule has 1 saturated heterocycles. The standard InChI is InChI=1S/C20H23ClN4/c21-10-8-20-23-18-13-22-11-9-19(18)25(20)17-7-4-12-24(15-17)14-16-5-2-1-3-6-16/h1-3,5-6,9,11,13,17H,4,7-8,10,12,14-15H2. The van der Waals surface area contributed by atoms with Gasteiger partial charge in [-0.05, 0) is 31.0 Å². The van der Waals surface area contributed by atoms with Crippen LogP contribution < -0.4 is 0 Å². The van der Waals surface area contributed by atoms with Gasteiger partial charge in [-0.3, -0.25) is 9.88 Å². The van der Waals surface area contributed by atoms with E-state index in [1.54, 1.807) is 0 Å². The van der Waals surface area contributed by atoms with Crippen molar-refractivity contribution in [1.82, 2.24) is 19.4 Å². The van der Waals surface area contributed by atoms with Crippen LogP contribution in [0.25, 0.3) is 11.0 Å². The molecule has 0 amide bonds. The van der Waals surface area contributed by atoms with Crippen LogP contribution in [0.3, 0.4) is 0 Å². The molecule has 0 N–H and O–H groups in total. The molecule has 130 valence electrons. The molecule has 3 aromatic rings. The molecule has 1 aliphatic heterocycles. The van der Waals surface area contributed by atoms with Gasteiger partial charge < -0.3 is 4.57 Å². The lowest BCUT2D eigenvalue weighted by molar-refractivity contribution is 0.170. The van der Waals surface area contributed by atoms with E-state index in [0.717, 1.165) is 37.4 Å². The normalized spacial score (nSPS) is 18.7. The minimum atomic E-state index is 0.447. The third-order valence-corrected chi connectivity index (χ3v) is 5.17. The zero-order valence-corrected chi connectivity index (χ0v) is 15.1. The minimum Gasteiger partial charge on any atom is -0.323 e. The summed E-state index contributed by atoms with van der Waals surface area (Å²) < 4.78 is 2.41. The molecular formula is C20H23ClN4. The Bertz CT molecular complexity index is 830. The Hall–Kier alpha value is -1.91. The summed E-state index contributed by atoms with van der Waals surface area (Å²) in [5.74, 6) is 1.68. The van der Waals surface area contributed by atoms with Gasteiger partial charge in [0.1, 0.15) is 11.3 Å². The van der Waals surface area contributed by atoms with Crippen LogP contribution in [0.1, 0.15) is 30.3 Å². The minimum absolute atomic E-state index is 0.447. The lowest BCUT2D eigenvalue weighted by Crippen LogP contribution is -2.36. The zero-order chi connectivity index (χ0) is 17.1. The largest absolute Gasteiger partial charge is 0.323 e. The number of pyridine rings is 1. The molecule has 4 rings (SSSR count). The molecule has 0 aliphatic carbocycles. The number of imidazole rings is 1. The van der Waals surface area contributed by atoms with Crippen molar-refractivity contribution in [2.24, 2.45) is 0 Å². The number of fused-ring (bicyclic) bond motifs is 1. The molecule has 0 spiro atoms. The van der Waals surface area contributed by atoms with Crippen molar-refractivity contribution in [1.29, 1.82) is 0 Å². The SMILES string of the molecule is ClCCc1nc2cnccc2n1C1CCCN(Cc2ccccc2)C1. The molecule has 2 aromatic heterocycles. The molecule has 1 fully saturated rings. The molecule has 0 saturated carbocycles. The van der Waals surface area contributed by atoms with Crippen LogP contribution in [-0.4, -0.2) is 38.4 Å². The summed E-state index contributed by atoms with van der Waals surface area (Å²) in [4.78, 5) is 11.6. The van der Waals surface area contributed by atoms with E-state index in [9.17, 15) is 0 Å². The fourth-order valence-corrected chi connectivity index (χ4v) is 4.07. The van der Waals surface area contributed by atoms with Gasteiger partial charge in [-0.25, -0.2) is 4.98 Å². The Morgan fingerprint density at radius 2 is 2.04 bits per heavy atom. The topological polar surface area (TPSA) is 34.0 Å². The number of hydrogen-bond donors (Lipinski definition) is 0. The summed E-state index contributed by atoms with van der Waals surface area (Å²) in [5.41, 5.74) is 3.54. The fourth-order valence-electron chi connectivity index (χ4n) is 3.90. The summed E-state index contributed by atoms with van der Waals surface area (Å²) in [7, 11) is 0. The molecule has 0 bridgehead atoms. The van der Waals surface area contributed by atoms with E-state index in [1.807, 2.05) is 12.4 Å². The molecule has 3 heterocycles. The van der Waals surface area contributed by atoms with E-state index < -0.39 is 0 Å². The van der Waals surface area contributed by atoms with E-state index in [2.05, 4.69) is 50.8 Å². The number of rotatable bonds is 5. The highest BCUT2D eigenvalue weighted by Gasteiger charge is 2.25. The third-order valence-electron chi connectivity index (χ3n) is 4.98. The fraction of sp³-hybridized carbons (Fsp3) is 0.400. The van der Waals surface area contributed by atoms with Gasteiger partial charge in [0.15, 0.2) is 0 Å². The van der Waals surface area contributed by atoms with Gasteiger partial charge in [-0.1, -0.05) is 30.3 Å². The molecule has 25 heavy (non-hydrogen) atoms. The van der Waals surface area contributed by atoms with Gasteiger partial charge >= 0.3 is 0 Å². The maximum absolute atomic E-state index is 6.03. The van der Waals surface area contributed by atoms with Crippen LogP contribution in [0, 0.1) is 0 Å². The average Bonchev–Trinajstić information content (AvgIpc) is 3.01. The summed E-state index contributed by atoms with van der Waals surface area (Å²) in [6.07, 6.45) is 6.91. The Morgan fingerprint density at radius 1 is 1.16 bits per heavy atom. The average molecular weight is 355 g/mol. The summed E-state index contributed by atoms with van der Waals surface area (Å²) >= 11 is 6.03. The first-order valence-electron chi connectivity index (χ1n) is 8.98. The first-order valence-corrected chi connectivity index (χ1v) is 9.51. The van der Waals surface area contributed by atoms with Gasteiger partial charge in [0.25, 0.3) is 0 Å². The van der Waals surface area contributed by atoms with Crippen molar-refractivity contribution in [2.75, 3.05) is 19.0 Å². The quantitative estimate of drug-likeness (QED) is 0.648. The van der Waals surface area contributed by atoms with Gasteiger partial charge in [0.05, 0.1) is 11.7 Å². The van der Waals surface area contributed by atoms with Crippen molar-refractivity contribution >= 4 is 22.6 Å². The summed E-state index contributed by atoms with van der Waals surface area (Å²) in [6, 6.07) is 13.3. The van der Waals surface area contributed by atoms with E-state index >= 15 is 0 Å². The Morgan fingerprint density at radius 3 is 2.88 bits per heavy atom. The molecular weight excluding hydrogens is 332 g/mol. The number of aryl methyl sites for hydroxylation is 1. The van der Waals surface area contributed by atoms with Gasteiger partial charge in [-0.2, -0.15) is 0 Å². The molecule has 1 atom stereocenters. The molecule has 5 heteroatoms. The third kappa shape index (κ3) is 3.55. The maximum Gasteiger partial charge on any atom is 0.111 e. The highest BCUT2D eigenvalue weighted by atomic mass is 35.5. The summed E-state index contributed by atoms with van der Waals surface area (Å²) in [5, 5.41) is 0. The molecule has 1 aromatic carbocycles. The lowest BCUT2D eigenvalue weighted by Gasteiger charge is -2.34. The smallest absolute Gasteiger partial charge is 0.111 e. The lowest BCUT2D eigenvalue weighted by atomic mass is 10.0. The molecule has 1 aliphatic rings. The molecule has 4 nitrogen and oxygen atoms in total. The highest BCUT2D eigenvalue weighted by Crippen LogP contribution is 2.28. The Balaban J connectivity index is 1.60. The number of nitrogens with zero attached hydrogens (tertiary/aromatic N) is 4. The second-order valence-electron chi connectivity index (χ2n) is 6.72. The van der Waals surface area contributed by atoms with Crippen LogP contribution in [0.5, 0.6) is 0 Å².